The third kappa shape index (κ3) is 4.43. The van der Waals surface area contributed by atoms with E-state index in [0.29, 0.717) is 43.8 Å². The lowest BCUT2D eigenvalue weighted by atomic mass is 10.1. The maximum Gasteiger partial charge on any atom is 0.251 e. The molecule has 7 nitrogen and oxygen atoms in total. The van der Waals surface area contributed by atoms with Gasteiger partial charge in [0.25, 0.3) is 5.91 Å². The quantitative estimate of drug-likeness (QED) is 0.762. The minimum Gasteiger partial charge on any atom is -0.381 e. The third-order valence-electron chi connectivity index (χ3n) is 5.17. The molecule has 1 unspecified atom stereocenters. The van der Waals surface area contributed by atoms with E-state index < -0.39 is 10.0 Å². The highest BCUT2D eigenvalue weighted by Gasteiger charge is 2.29. The van der Waals surface area contributed by atoms with Gasteiger partial charge in [0.15, 0.2) is 0 Å². The zero-order valence-corrected chi connectivity index (χ0v) is 15.9. The number of carbonyl (C=O) groups is 1. The first-order valence-electron chi connectivity index (χ1n) is 9.14. The Hall–Kier alpha value is -1.48. The van der Waals surface area contributed by atoms with E-state index in [-0.39, 0.29) is 10.8 Å². The van der Waals surface area contributed by atoms with Gasteiger partial charge < -0.3 is 15.4 Å². The van der Waals surface area contributed by atoms with Crippen molar-refractivity contribution in [2.45, 2.75) is 30.2 Å². The number of hydrogen-bond acceptors (Lipinski definition) is 5. The number of ether oxygens (including phenoxy) is 1. The van der Waals surface area contributed by atoms with Gasteiger partial charge in [-0.25, -0.2) is 8.42 Å². The molecule has 2 fully saturated rings. The van der Waals surface area contributed by atoms with Crippen LogP contribution in [0.25, 0.3) is 0 Å². The molecule has 3 rings (SSSR count). The summed E-state index contributed by atoms with van der Waals surface area (Å²) in [5.74, 6) is 0.0853. The smallest absolute Gasteiger partial charge is 0.251 e. The number of carbonyl (C=O) groups excluding carboxylic acids is 1. The largest absolute Gasteiger partial charge is 0.381 e. The molecule has 0 radical (unpaired) electrons. The Morgan fingerprint density at radius 2 is 2.04 bits per heavy atom. The molecule has 2 saturated heterocycles. The van der Waals surface area contributed by atoms with Crippen LogP contribution in [0.4, 0.5) is 0 Å². The lowest BCUT2D eigenvalue weighted by Crippen LogP contribution is -2.43. The summed E-state index contributed by atoms with van der Waals surface area (Å²) in [5, 5.41) is 6.07. The molecule has 2 aliphatic heterocycles. The van der Waals surface area contributed by atoms with Gasteiger partial charge in [-0.1, -0.05) is 6.07 Å². The summed E-state index contributed by atoms with van der Waals surface area (Å²) < 4.78 is 32.6. The molecule has 1 amide bonds. The molecular weight excluding hydrogens is 354 g/mol. The predicted octanol–water partition coefficient (Wildman–Crippen LogP) is 0.825. The van der Waals surface area contributed by atoms with Crippen LogP contribution in [0.15, 0.2) is 29.2 Å². The van der Waals surface area contributed by atoms with Crippen molar-refractivity contribution in [3.8, 4) is 0 Å². The summed E-state index contributed by atoms with van der Waals surface area (Å²) in [5.41, 5.74) is 0.370. The van der Waals surface area contributed by atoms with E-state index in [1.54, 1.807) is 18.2 Å². The van der Waals surface area contributed by atoms with Gasteiger partial charge in [0.1, 0.15) is 0 Å². The highest BCUT2D eigenvalue weighted by atomic mass is 32.2. The average molecular weight is 381 g/mol. The second-order valence-electron chi connectivity index (χ2n) is 6.93. The molecule has 1 aromatic rings. The van der Waals surface area contributed by atoms with E-state index >= 15 is 0 Å². The lowest BCUT2D eigenvalue weighted by molar-refractivity contribution is 0.0944. The van der Waals surface area contributed by atoms with Crippen LogP contribution in [0, 0.1) is 5.92 Å². The first-order chi connectivity index (χ1) is 12.5. The van der Waals surface area contributed by atoms with E-state index in [9.17, 15) is 13.2 Å². The molecule has 0 spiro atoms. The Kier molecular flexibility index (Phi) is 6.29. The fourth-order valence-corrected chi connectivity index (χ4v) is 4.93. The molecular formula is C18H27N3O4S. The molecule has 0 aromatic heterocycles. The number of rotatable bonds is 6. The standard InChI is InChI=1S/C18H27N3O4S/c1-19-16-5-8-21(9-6-16)26(23,24)17-4-2-3-15(11-17)18(22)20-12-14-7-10-25-13-14/h2-4,11,14,16,19H,5-10,12-13H2,1H3,(H,20,22). The first kappa shape index (κ1) is 19.3. The third-order valence-corrected chi connectivity index (χ3v) is 7.07. The Morgan fingerprint density at radius 1 is 1.27 bits per heavy atom. The molecule has 8 heteroatoms. The Morgan fingerprint density at radius 3 is 2.69 bits per heavy atom. The van der Waals surface area contributed by atoms with Gasteiger partial charge in [0.05, 0.1) is 11.5 Å². The summed E-state index contributed by atoms with van der Waals surface area (Å²) >= 11 is 0. The SMILES string of the molecule is CNC1CCN(S(=O)(=O)c2cccc(C(=O)NCC3CCOC3)c2)CC1. The molecule has 2 heterocycles. The summed E-state index contributed by atoms with van der Waals surface area (Å²) in [7, 11) is -1.68. The van der Waals surface area contributed by atoms with Crippen LogP contribution in [-0.4, -0.2) is 64.6 Å². The molecule has 0 saturated carbocycles. The Balaban J connectivity index is 1.66. The summed E-state index contributed by atoms with van der Waals surface area (Å²) in [4.78, 5) is 12.5. The number of benzene rings is 1. The number of amides is 1. The molecule has 1 aromatic carbocycles. The number of sulfonamides is 1. The van der Waals surface area contributed by atoms with Gasteiger partial charge in [-0.2, -0.15) is 4.31 Å². The van der Waals surface area contributed by atoms with Gasteiger partial charge in [0.2, 0.25) is 10.0 Å². The molecule has 0 aliphatic carbocycles. The molecule has 0 bridgehead atoms. The van der Waals surface area contributed by atoms with Crippen molar-refractivity contribution in [3.05, 3.63) is 29.8 Å². The van der Waals surface area contributed by atoms with Crippen LogP contribution in [0.2, 0.25) is 0 Å². The average Bonchev–Trinajstić information content (AvgIpc) is 3.20. The molecule has 26 heavy (non-hydrogen) atoms. The van der Waals surface area contributed by atoms with Crippen molar-refractivity contribution >= 4 is 15.9 Å². The second-order valence-corrected chi connectivity index (χ2v) is 8.87. The fourth-order valence-electron chi connectivity index (χ4n) is 3.42. The minimum absolute atomic E-state index is 0.178. The summed E-state index contributed by atoms with van der Waals surface area (Å²) in [6.07, 6.45) is 2.52. The van der Waals surface area contributed by atoms with Crippen molar-refractivity contribution in [2.75, 3.05) is 39.9 Å². The van der Waals surface area contributed by atoms with Crippen LogP contribution in [0.3, 0.4) is 0 Å². The zero-order valence-electron chi connectivity index (χ0n) is 15.1. The Labute approximate surface area is 155 Å². The van der Waals surface area contributed by atoms with Crippen LogP contribution >= 0.6 is 0 Å². The highest BCUT2D eigenvalue weighted by molar-refractivity contribution is 7.89. The van der Waals surface area contributed by atoms with Gasteiger partial charge in [-0.3, -0.25) is 4.79 Å². The normalized spacial score (nSPS) is 22.4. The molecule has 2 N–H and O–H groups in total. The monoisotopic (exact) mass is 381 g/mol. The van der Waals surface area contributed by atoms with E-state index in [1.165, 1.54) is 10.4 Å². The highest BCUT2D eigenvalue weighted by Crippen LogP contribution is 2.21. The fraction of sp³-hybridized carbons (Fsp3) is 0.611. The second kappa shape index (κ2) is 8.47. The number of nitrogens with zero attached hydrogens (tertiary/aromatic N) is 1. The maximum absolute atomic E-state index is 12.9. The lowest BCUT2D eigenvalue weighted by Gasteiger charge is -2.31. The van der Waals surface area contributed by atoms with Crippen LogP contribution < -0.4 is 10.6 Å². The van der Waals surface area contributed by atoms with Crippen LogP contribution in [0.5, 0.6) is 0 Å². The van der Waals surface area contributed by atoms with E-state index in [0.717, 1.165) is 25.9 Å². The number of piperidine rings is 1. The van der Waals surface area contributed by atoms with Gasteiger partial charge in [-0.15, -0.1) is 0 Å². The number of hydrogen-bond donors (Lipinski definition) is 2. The molecule has 2 aliphatic rings. The summed E-state index contributed by atoms with van der Waals surface area (Å²) in [6, 6.07) is 6.66. The van der Waals surface area contributed by atoms with Gasteiger partial charge in [-0.05, 0) is 44.5 Å². The van der Waals surface area contributed by atoms with Crippen molar-refractivity contribution in [2.24, 2.45) is 5.92 Å². The summed E-state index contributed by atoms with van der Waals surface area (Å²) in [6.45, 7) is 2.93. The van der Waals surface area contributed by atoms with Gasteiger partial charge in [0, 0.05) is 43.8 Å². The topological polar surface area (TPSA) is 87.7 Å². The predicted molar refractivity (Wildman–Crippen MR) is 98.5 cm³/mol. The molecule has 1 atom stereocenters. The first-order valence-corrected chi connectivity index (χ1v) is 10.6. The van der Waals surface area contributed by atoms with Crippen molar-refractivity contribution < 1.29 is 17.9 Å². The number of nitrogens with one attached hydrogen (secondary N) is 2. The van der Waals surface area contributed by atoms with E-state index in [2.05, 4.69) is 10.6 Å². The van der Waals surface area contributed by atoms with Crippen molar-refractivity contribution in [1.82, 2.24) is 14.9 Å². The van der Waals surface area contributed by atoms with E-state index in [4.69, 9.17) is 4.74 Å². The van der Waals surface area contributed by atoms with Crippen LogP contribution in [0.1, 0.15) is 29.6 Å². The van der Waals surface area contributed by atoms with E-state index in [1.807, 2.05) is 7.05 Å². The minimum atomic E-state index is -3.57. The van der Waals surface area contributed by atoms with Crippen molar-refractivity contribution in [3.63, 3.8) is 0 Å². The van der Waals surface area contributed by atoms with Crippen LogP contribution in [-0.2, 0) is 14.8 Å². The Bertz CT molecular complexity index is 724. The maximum atomic E-state index is 12.9. The van der Waals surface area contributed by atoms with Gasteiger partial charge >= 0.3 is 0 Å². The molecule has 144 valence electrons. The van der Waals surface area contributed by atoms with Crippen molar-refractivity contribution in [1.29, 1.82) is 0 Å². The zero-order chi connectivity index (χ0) is 18.6.